The molecule has 0 unspecified atom stereocenters. The summed E-state index contributed by atoms with van der Waals surface area (Å²) in [5, 5.41) is 16.6. The van der Waals surface area contributed by atoms with Crippen LogP contribution in [0, 0.1) is 5.82 Å². The van der Waals surface area contributed by atoms with Crippen LogP contribution < -0.4 is 0 Å². The lowest BCUT2D eigenvalue weighted by atomic mass is 10.2. The van der Waals surface area contributed by atoms with Crippen LogP contribution >= 0.6 is 0 Å². The minimum absolute atomic E-state index is 0.0468. The Morgan fingerprint density at radius 2 is 2.14 bits per heavy atom. The summed E-state index contributed by atoms with van der Waals surface area (Å²) in [5.41, 5.74) is 0.343. The van der Waals surface area contributed by atoms with E-state index in [4.69, 9.17) is 5.11 Å². The molecule has 2 aromatic rings. The Hall–Kier alpha value is -1.84. The Morgan fingerprint density at radius 1 is 1.33 bits per heavy atom. The maximum absolute atomic E-state index is 13.9. The van der Waals surface area contributed by atoms with Gasteiger partial charge in [-0.15, -0.1) is 10.2 Å². The van der Waals surface area contributed by atoms with E-state index in [1.165, 1.54) is 12.4 Å². The number of benzene rings is 1. The highest BCUT2D eigenvalue weighted by Crippen LogP contribution is 2.24. The van der Waals surface area contributed by atoms with E-state index >= 15 is 0 Å². The number of sulfonamides is 1. The van der Waals surface area contributed by atoms with Gasteiger partial charge < -0.3 is 9.67 Å². The molecule has 0 saturated heterocycles. The summed E-state index contributed by atoms with van der Waals surface area (Å²) in [6.07, 6.45) is 1.53. The third-order valence-electron chi connectivity index (χ3n) is 3.40. The Bertz CT molecular complexity index is 775. The number of fused-ring (bicyclic) bond motifs is 1. The second-order valence-corrected chi connectivity index (χ2v) is 6.61. The molecule has 0 atom stereocenters. The lowest BCUT2D eigenvalue weighted by Gasteiger charge is -2.26. The molecule has 1 aliphatic heterocycles. The van der Waals surface area contributed by atoms with Crippen LogP contribution in [0.1, 0.15) is 11.4 Å². The van der Waals surface area contributed by atoms with Crippen LogP contribution in [0.4, 0.5) is 4.39 Å². The molecule has 1 aliphatic rings. The van der Waals surface area contributed by atoms with Crippen molar-refractivity contribution in [3.63, 3.8) is 0 Å². The fraction of sp³-hybridized carbons (Fsp3) is 0.333. The van der Waals surface area contributed by atoms with Gasteiger partial charge in [-0.25, -0.2) is 12.8 Å². The van der Waals surface area contributed by atoms with E-state index in [1.807, 2.05) is 0 Å². The van der Waals surface area contributed by atoms with Crippen molar-refractivity contribution in [1.82, 2.24) is 19.1 Å². The van der Waals surface area contributed by atoms with Gasteiger partial charge in [0.05, 0.1) is 13.2 Å². The number of aromatic nitrogens is 3. The van der Waals surface area contributed by atoms with E-state index in [0.717, 1.165) is 16.4 Å². The molecule has 0 spiro atoms. The standard InChI is InChI=1S/C12H13FN4O3S/c13-10-2-1-9(7-18)5-11(10)21(19,20)17-4-3-16-8-14-15-12(16)6-17/h1-2,5,8,18H,3-4,6-7H2. The highest BCUT2D eigenvalue weighted by Gasteiger charge is 2.31. The molecule has 112 valence electrons. The third kappa shape index (κ3) is 2.43. The molecule has 0 aliphatic carbocycles. The van der Waals surface area contributed by atoms with Gasteiger partial charge in [-0.2, -0.15) is 4.31 Å². The Kier molecular flexibility index (Phi) is 3.47. The average Bonchev–Trinajstić information content (AvgIpc) is 2.95. The van der Waals surface area contributed by atoms with Gasteiger partial charge in [0.25, 0.3) is 0 Å². The van der Waals surface area contributed by atoms with Crippen LogP contribution in [-0.2, 0) is 29.7 Å². The number of aliphatic hydroxyl groups excluding tert-OH is 1. The number of rotatable bonds is 3. The Morgan fingerprint density at radius 3 is 2.90 bits per heavy atom. The highest BCUT2D eigenvalue weighted by molar-refractivity contribution is 7.89. The second-order valence-electron chi connectivity index (χ2n) is 4.70. The molecule has 21 heavy (non-hydrogen) atoms. The molecule has 3 rings (SSSR count). The van der Waals surface area contributed by atoms with E-state index in [1.54, 1.807) is 4.57 Å². The third-order valence-corrected chi connectivity index (χ3v) is 5.26. The van der Waals surface area contributed by atoms with E-state index in [-0.39, 0.29) is 19.7 Å². The van der Waals surface area contributed by atoms with Gasteiger partial charge in [0.2, 0.25) is 10.0 Å². The van der Waals surface area contributed by atoms with Crippen molar-refractivity contribution >= 4 is 10.0 Å². The van der Waals surface area contributed by atoms with Crippen LogP contribution in [0.15, 0.2) is 29.4 Å². The summed E-state index contributed by atoms with van der Waals surface area (Å²) in [6.45, 7) is 0.335. The fourth-order valence-corrected chi connectivity index (χ4v) is 3.73. The number of aliphatic hydroxyl groups is 1. The van der Waals surface area contributed by atoms with Crippen molar-refractivity contribution in [2.45, 2.75) is 24.6 Å². The minimum Gasteiger partial charge on any atom is -0.392 e. The van der Waals surface area contributed by atoms with Crippen LogP contribution in [0.25, 0.3) is 0 Å². The smallest absolute Gasteiger partial charge is 0.246 e. The Labute approximate surface area is 120 Å². The first kappa shape index (κ1) is 14.1. The normalized spacial score (nSPS) is 15.9. The number of hydrogen-bond acceptors (Lipinski definition) is 5. The molecular weight excluding hydrogens is 299 g/mol. The van der Waals surface area contributed by atoms with Crippen molar-refractivity contribution in [3.05, 3.63) is 41.7 Å². The predicted octanol–water partition coefficient (Wildman–Crippen LogP) is 0.114. The summed E-state index contributed by atoms with van der Waals surface area (Å²) in [5.74, 6) is -0.317. The monoisotopic (exact) mass is 312 g/mol. The zero-order chi connectivity index (χ0) is 15.0. The van der Waals surface area contributed by atoms with Gasteiger partial charge in [-0.1, -0.05) is 6.07 Å². The first-order valence-corrected chi connectivity index (χ1v) is 7.72. The molecule has 1 N–H and O–H groups in total. The first-order valence-electron chi connectivity index (χ1n) is 6.28. The lowest BCUT2D eigenvalue weighted by Crippen LogP contribution is -2.38. The zero-order valence-corrected chi connectivity index (χ0v) is 11.8. The van der Waals surface area contributed by atoms with Gasteiger partial charge >= 0.3 is 0 Å². The predicted molar refractivity (Wildman–Crippen MR) is 69.9 cm³/mol. The van der Waals surface area contributed by atoms with E-state index in [2.05, 4.69) is 10.2 Å². The van der Waals surface area contributed by atoms with Gasteiger partial charge in [0.1, 0.15) is 22.9 Å². The summed E-state index contributed by atoms with van der Waals surface area (Å²) in [7, 11) is -3.98. The molecule has 1 aromatic carbocycles. The lowest BCUT2D eigenvalue weighted by molar-refractivity contribution is 0.281. The maximum Gasteiger partial charge on any atom is 0.246 e. The van der Waals surface area contributed by atoms with Crippen molar-refractivity contribution in [2.24, 2.45) is 0 Å². The maximum atomic E-state index is 13.9. The quantitative estimate of drug-likeness (QED) is 0.869. The zero-order valence-electron chi connectivity index (χ0n) is 11.0. The van der Waals surface area contributed by atoms with Gasteiger partial charge in [-0.3, -0.25) is 0 Å². The summed E-state index contributed by atoms with van der Waals surface area (Å²) in [6, 6.07) is 3.55. The molecule has 0 amide bonds. The summed E-state index contributed by atoms with van der Waals surface area (Å²) >= 11 is 0. The van der Waals surface area contributed by atoms with Crippen LogP contribution in [0.3, 0.4) is 0 Å². The van der Waals surface area contributed by atoms with E-state index in [0.29, 0.717) is 17.9 Å². The van der Waals surface area contributed by atoms with Crippen LogP contribution in [0.5, 0.6) is 0 Å². The largest absolute Gasteiger partial charge is 0.392 e. The minimum atomic E-state index is -3.98. The molecule has 0 fully saturated rings. The van der Waals surface area contributed by atoms with E-state index < -0.39 is 20.7 Å². The Balaban J connectivity index is 1.98. The van der Waals surface area contributed by atoms with Gasteiger partial charge in [0, 0.05) is 13.1 Å². The van der Waals surface area contributed by atoms with E-state index in [9.17, 15) is 12.8 Å². The molecule has 0 radical (unpaired) electrons. The first-order chi connectivity index (χ1) is 10.0. The number of hydrogen-bond donors (Lipinski definition) is 1. The highest BCUT2D eigenvalue weighted by atomic mass is 32.2. The molecule has 7 nitrogen and oxygen atoms in total. The molecule has 0 bridgehead atoms. The number of halogens is 1. The molecular formula is C12H13FN4O3S. The number of nitrogens with zero attached hydrogens (tertiary/aromatic N) is 4. The SMILES string of the molecule is O=S(=O)(c1cc(CO)ccc1F)N1CCn2cnnc2C1. The molecule has 0 saturated carbocycles. The van der Waals surface area contributed by atoms with Crippen molar-refractivity contribution < 1.29 is 17.9 Å². The molecule has 9 heteroatoms. The van der Waals surface area contributed by atoms with Crippen molar-refractivity contribution in [2.75, 3.05) is 6.54 Å². The van der Waals surface area contributed by atoms with Crippen molar-refractivity contribution in [1.29, 1.82) is 0 Å². The van der Waals surface area contributed by atoms with Crippen molar-refractivity contribution in [3.8, 4) is 0 Å². The molecule has 1 aromatic heterocycles. The molecule has 2 heterocycles. The second kappa shape index (κ2) is 5.17. The van der Waals surface area contributed by atoms with Crippen LogP contribution in [-0.4, -0.2) is 39.1 Å². The summed E-state index contributed by atoms with van der Waals surface area (Å²) < 4.78 is 41.9. The van der Waals surface area contributed by atoms with Gasteiger partial charge in [0.15, 0.2) is 0 Å². The fourth-order valence-electron chi connectivity index (χ4n) is 2.23. The topological polar surface area (TPSA) is 88.3 Å². The summed E-state index contributed by atoms with van der Waals surface area (Å²) in [4.78, 5) is -0.429. The van der Waals surface area contributed by atoms with Crippen LogP contribution in [0.2, 0.25) is 0 Å². The average molecular weight is 312 g/mol. The van der Waals surface area contributed by atoms with Gasteiger partial charge in [-0.05, 0) is 17.7 Å².